The largest absolute Gasteiger partial charge is 0.496 e. The molecule has 27 heavy (non-hydrogen) atoms. The second kappa shape index (κ2) is 11.1. The highest BCUT2D eigenvalue weighted by Gasteiger charge is 2.31. The summed E-state index contributed by atoms with van der Waals surface area (Å²) in [6.45, 7) is 6.39. The van der Waals surface area contributed by atoms with Gasteiger partial charge in [-0.2, -0.15) is 4.31 Å². The topological polar surface area (TPSA) is 83.0 Å². The van der Waals surface area contributed by atoms with Gasteiger partial charge in [-0.25, -0.2) is 13.4 Å². The van der Waals surface area contributed by atoms with Crippen molar-refractivity contribution in [2.75, 3.05) is 33.0 Å². The van der Waals surface area contributed by atoms with Crippen LogP contribution in [0.15, 0.2) is 23.2 Å². The zero-order chi connectivity index (χ0) is 19.2. The summed E-state index contributed by atoms with van der Waals surface area (Å²) in [7, 11) is -1.51. The molecule has 1 atom stereocenters. The molecule has 1 saturated heterocycles. The molecule has 2 rings (SSSR count). The summed E-state index contributed by atoms with van der Waals surface area (Å²) in [6.07, 6.45) is 3.03. The van der Waals surface area contributed by atoms with Crippen molar-refractivity contribution >= 4 is 40.0 Å². The van der Waals surface area contributed by atoms with Crippen molar-refractivity contribution in [1.82, 2.24) is 14.9 Å². The Hall–Kier alpha value is -1.07. The number of halogens is 1. The highest BCUT2D eigenvalue weighted by atomic mass is 127. The van der Waals surface area contributed by atoms with Crippen molar-refractivity contribution in [1.29, 1.82) is 0 Å². The minimum Gasteiger partial charge on any atom is -0.496 e. The van der Waals surface area contributed by atoms with Gasteiger partial charge in [-0.3, -0.25) is 0 Å². The summed E-state index contributed by atoms with van der Waals surface area (Å²) in [4.78, 5) is 4.62. The number of hydrogen-bond acceptors (Lipinski definition) is 4. The average Bonchev–Trinajstić information content (AvgIpc) is 3.07. The molecule has 1 aliphatic heterocycles. The SMILES string of the molecule is CCNC(=NCc1ccc(C)cc1OC)NC[C@H]1CCCN1S(C)(=O)=O.I. The van der Waals surface area contributed by atoms with Gasteiger partial charge in [0.25, 0.3) is 0 Å². The molecular weight excluding hydrogens is 479 g/mol. The molecule has 0 amide bonds. The molecule has 0 aromatic heterocycles. The maximum atomic E-state index is 11.9. The molecule has 0 saturated carbocycles. The fourth-order valence-corrected chi connectivity index (χ4v) is 4.33. The maximum Gasteiger partial charge on any atom is 0.211 e. The molecule has 2 N–H and O–H groups in total. The molecule has 1 aromatic rings. The number of ether oxygens (including phenoxy) is 1. The van der Waals surface area contributed by atoms with Gasteiger partial charge in [-0.1, -0.05) is 12.1 Å². The Balaban J connectivity index is 0.00000364. The highest BCUT2D eigenvalue weighted by Crippen LogP contribution is 2.21. The normalized spacial score (nSPS) is 18.1. The lowest BCUT2D eigenvalue weighted by molar-refractivity contribution is 0.387. The number of nitrogens with zero attached hydrogens (tertiary/aromatic N) is 2. The van der Waals surface area contributed by atoms with Gasteiger partial charge in [0.15, 0.2) is 5.96 Å². The van der Waals surface area contributed by atoms with Crippen LogP contribution in [0.1, 0.15) is 30.9 Å². The van der Waals surface area contributed by atoms with Crippen molar-refractivity contribution in [3.8, 4) is 5.75 Å². The first-order chi connectivity index (χ1) is 12.3. The Labute approximate surface area is 180 Å². The zero-order valence-electron chi connectivity index (χ0n) is 16.5. The van der Waals surface area contributed by atoms with E-state index in [-0.39, 0.29) is 30.0 Å². The number of aryl methyl sites for hydroxylation is 1. The van der Waals surface area contributed by atoms with Crippen molar-refractivity contribution in [3.05, 3.63) is 29.3 Å². The van der Waals surface area contributed by atoms with E-state index in [0.29, 0.717) is 25.6 Å². The van der Waals surface area contributed by atoms with Gasteiger partial charge in [0, 0.05) is 31.2 Å². The average molecular weight is 510 g/mol. The van der Waals surface area contributed by atoms with Crippen LogP contribution in [-0.4, -0.2) is 57.7 Å². The van der Waals surface area contributed by atoms with E-state index in [1.165, 1.54) is 6.26 Å². The van der Waals surface area contributed by atoms with Gasteiger partial charge in [0.2, 0.25) is 10.0 Å². The summed E-state index contributed by atoms with van der Waals surface area (Å²) in [5, 5.41) is 6.49. The third kappa shape index (κ3) is 7.11. The summed E-state index contributed by atoms with van der Waals surface area (Å²) < 4.78 is 30.7. The number of nitrogens with one attached hydrogen (secondary N) is 2. The van der Waals surface area contributed by atoms with Crippen LogP contribution in [0.3, 0.4) is 0 Å². The van der Waals surface area contributed by atoms with Crippen molar-refractivity contribution in [2.45, 2.75) is 39.3 Å². The van der Waals surface area contributed by atoms with E-state index < -0.39 is 10.0 Å². The standard InChI is InChI=1S/C18H30N4O3S.HI/c1-5-19-18(20-12-15-9-8-14(2)11-17(15)25-3)21-13-16-7-6-10-22(16)26(4,23)24;/h8-9,11,16H,5-7,10,12-13H2,1-4H3,(H2,19,20,21);1H/t16-;/m1./s1. The molecule has 9 heteroatoms. The second-order valence-corrected chi connectivity index (χ2v) is 8.50. The quantitative estimate of drug-likeness (QED) is 0.334. The predicted molar refractivity (Wildman–Crippen MR) is 121 cm³/mol. The molecule has 7 nitrogen and oxygen atoms in total. The first-order valence-corrected chi connectivity index (χ1v) is 10.8. The van der Waals surface area contributed by atoms with Crippen LogP contribution < -0.4 is 15.4 Å². The number of benzene rings is 1. The van der Waals surface area contributed by atoms with E-state index in [1.54, 1.807) is 11.4 Å². The lowest BCUT2D eigenvalue weighted by Gasteiger charge is -2.23. The second-order valence-electron chi connectivity index (χ2n) is 6.56. The van der Waals surface area contributed by atoms with Crippen LogP contribution in [0.25, 0.3) is 0 Å². The molecule has 1 fully saturated rings. The van der Waals surface area contributed by atoms with Crippen LogP contribution in [0, 0.1) is 6.92 Å². The fourth-order valence-electron chi connectivity index (χ4n) is 3.15. The fraction of sp³-hybridized carbons (Fsp3) is 0.611. The van der Waals surface area contributed by atoms with E-state index in [1.807, 2.05) is 32.0 Å². The third-order valence-electron chi connectivity index (χ3n) is 4.45. The van der Waals surface area contributed by atoms with Crippen LogP contribution in [0.2, 0.25) is 0 Å². The molecule has 0 unspecified atom stereocenters. The lowest BCUT2D eigenvalue weighted by Crippen LogP contribution is -2.46. The highest BCUT2D eigenvalue weighted by molar-refractivity contribution is 14.0. The van der Waals surface area contributed by atoms with Gasteiger partial charge in [-0.15, -0.1) is 24.0 Å². The van der Waals surface area contributed by atoms with Gasteiger partial charge in [-0.05, 0) is 38.3 Å². The van der Waals surface area contributed by atoms with Gasteiger partial charge < -0.3 is 15.4 Å². The summed E-state index contributed by atoms with van der Waals surface area (Å²) >= 11 is 0. The first kappa shape index (κ1) is 24.0. The third-order valence-corrected chi connectivity index (χ3v) is 5.78. The predicted octanol–water partition coefficient (Wildman–Crippen LogP) is 2.10. The van der Waals surface area contributed by atoms with Crippen molar-refractivity contribution in [3.63, 3.8) is 0 Å². The zero-order valence-corrected chi connectivity index (χ0v) is 19.6. The maximum absolute atomic E-state index is 11.9. The Morgan fingerprint density at radius 1 is 1.37 bits per heavy atom. The number of hydrogen-bond donors (Lipinski definition) is 2. The smallest absolute Gasteiger partial charge is 0.211 e. The van der Waals surface area contributed by atoms with E-state index in [9.17, 15) is 8.42 Å². The molecule has 0 spiro atoms. The van der Waals surface area contributed by atoms with Crippen LogP contribution in [0.4, 0.5) is 0 Å². The minimum atomic E-state index is -3.16. The number of rotatable bonds is 7. The van der Waals surface area contributed by atoms with Crippen LogP contribution in [-0.2, 0) is 16.6 Å². The van der Waals surface area contributed by atoms with Crippen molar-refractivity contribution < 1.29 is 13.2 Å². The number of guanidine groups is 1. The number of aliphatic imine (C=N–C) groups is 1. The van der Waals surface area contributed by atoms with Crippen LogP contribution in [0.5, 0.6) is 5.75 Å². The molecule has 0 radical (unpaired) electrons. The van der Waals surface area contributed by atoms with Gasteiger partial charge in [0.05, 0.1) is 19.9 Å². The molecule has 1 heterocycles. The summed E-state index contributed by atoms with van der Waals surface area (Å²) in [5.74, 6) is 1.50. The Bertz CT molecular complexity index is 740. The summed E-state index contributed by atoms with van der Waals surface area (Å²) in [5.41, 5.74) is 2.15. The van der Waals surface area contributed by atoms with E-state index in [4.69, 9.17) is 4.74 Å². The molecule has 154 valence electrons. The summed E-state index contributed by atoms with van der Waals surface area (Å²) in [6, 6.07) is 6.02. The molecule has 1 aliphatic rings. The van der Waals surface area contributed by atoms with E-state index in [0.717, 1.165) is 36.3 Å². The molecular formula is C18H31IN4O3S. The minimum absolute atomic E-state index is 0. The Kier molecular flexibility index (Phi) is 9.82. The molecule has 0 bridgehead atoms. The Morgan fingerprint density at radius 2 is 2.11 bits per heavy atom. The first-order valence-electron chi connectivity index (χ1n) is 8.97. The molecule has 1 aromatic carbocycles. The van der Waals surface area contributed by atoms with Gasteiger partial charge in [0.1, 0.15) is 5.75 Å². The lowest BCUT2D eigenvalue weighted by atomic mass is 10.1. The van der Waals surface area contributed by atoms with E-state index >= 15 is 0 Å². The van der Waals surface area contributed by atoms with Gasteiger partial charge >= 0.3 is 0 Å². The Morgan fingerprint density at radius 3 is 2.74 bits per heavy atom. The van der Waals surface area contributed by atoms with Crippen molar-refractivity contribution in [2.24, 2.45) is 4.99 Å². The van der Waals surface area contributed by atoms with E-state index in [2.05, 4.69) is 15.6 Å². The monoisotopic (exact) mass is 510 g/mol. The molecule has 0 aliphatic carbocycles. The number of sulfonamides is 1. The number of methoxy groups -OCH3 is 1. The van der Waals surface area contributed by atoms with Crippen LogP contribution >= 0.6 is 24.0 Å².